The van der Waals surface area contributed by atoms with Crippen molar-refractivity contribution in [2.45, 2.75) is 31.3 Å². The van der Waals surface area contributed by atoms with E-state index in [1.807, 2.05) is 36.4 Å². The first-order valence-electron chi connectivity index (χ1n) is 10.7. The number of morpholine rings is 1. The van der Waals surface area contributed by atoms with Gasteiger partial charge in [-0.2, -0.15) is 0 Å². The highest BCUT2D eigenvalue weighted by Crippen LogP contribution is 2.44. The quantitative estimate of drug-likeness (QED) is 0.718. The standard InChI is InChI=1S/C24H26N2O6/c1-15(12-22(27)26-10-11-31-14-21(26)23(28)29)25-24(30)32-13-20-18-8-4-2-6-16(18)17-7-3-5-9-19(17)20/h2-9,15,20-21H,10-14H2,1H3,(H,25,30)(H,28,29)/t15-,21?/m0/s1. The largest absolute Gasteiger partial charge is 0.480 e. The van der Waals surface area contributed by atoms with Gasteiger partial charge in [-0.15, -0.1) is 0 Å². The molecule has 0 aromatic heterocycles. The minimum atomic E-state index is -1.10. The highest BCUT2D eigenvalue weighted by molar-refractivity contribution is 5.84. The second-order valence-electron chi connectivity index (χ2n) is 8.09. The van der Waals surface area contributed by atoms with E-state index in [-0.39, 0.29) is 38.0 Å². The molecule has 8 heteroatoms. The summed E-state index contributed by atoms with van der Waals surface area (Å²) >= 11 is 0. The predicted molar refractivity (Wildman–Crippen MR) is 116 cm³/mol. The Hall–Kier alpha value is -3.39. The maximum absolute atomic E-state index is 12.6. The van der Waals surface area contributed by atoms with Gasteiger partial charge < -0.3 is 24.8 Å². The van der Waals surface area contributed by atoms with Gasteiger partial charge in [-0.1, -0.05) is 48.5 Å². The van der Waals surface area contributed by atoms with Gasteiger partial charge in [0.15, 0.2) is 6.04 Å². The molecule has 2 aromatic rings. The van der Waals surface area contributed by atoms with Crippen molar-refractivity contribution >= 4 is 18.0 Å². The molecule has 0 saturated carbocycles. The molecule has 1 heterocycles. The predicted octanol–water partition coefficient (Wildman–Crippen LogP) is 2.62. The fraction of sp³-hybridized carbons (Fsp3) is 0.375. The topological polar surface area (TPSA) is 105 Å². The van der Waals surface area contributed by atoms with E-state index in [0.29, 0.717) is 6.61 Å². The first kappa shape index (κ1) is 21.8. The normalized spacial score (nSPS) is 18.4. The molecule has 0 radical (unpaired) electrons. The van der Waals surface area contributed by atoms with Gasteiger partial charge in [-0.25, -0.2) is 9.59 Å². The number of ether oxygens (including phenoxy) is 2. The SMILES string of the molecule is C[C@@H](CC(=O)N1CCOCC1C(=O)O)NC(=O)OCC1c2ccccc2-c2ccccc21. The molecule has 0 bridgehead atoms. The zero-order valence-corrected chi connectivity index (χ0v) is 17.8. The molecule has 168 valence electrons. The van der Waals surface area contributed by atoms with Gasteiger partial charge in [0.05, 0.1) is 13.2 Å². The number of alkyl carbamates (subject to hydrolysis) is 1. The van der Waals surface area contributed by atoms with Crippen molar-refractivity contribution in [3.63, 3.8) is 0 Å². The summed E-state index contributed by atoms with van der Waals surface area (Å²) in [6.07, 6.45) is -0.627. The van der Waals surface area contributed by atoms with Crippen LogP contribution in [0.3, 0.4) is 0 Å². The molecule has 1 aliphatic carbocycles. The van der Waals surface area contributed by atoms with Gasteiger partial charge >= 0.3 is 12.1 Å². The van der Waals surface area contributed by atoms with Crippen LogP contribution >= 0.6 is 0 Å². The molecule has 2 atom stereocenters. The Bertz CT molecular complexity index is 978. The lowest BCUT2D eigenvalue weighted by Crippen LogP contribution is -2.53. The Morgan fingerprint density at radius 3 is 2.38 bits per heavy atom. The third kappa shape index (κ3) is 4.45. The average Bonchev–Trinajstić information content (AvgIpc) is 3.11. The van der Waals surface area contributed by atoms with Crippen LogP contribution in [0, 0.1) is 0 Å². The second-order valence-corrected chi connectivity index (χ2v) is 8.09. The Kier molecular flexibility index (Phi) is 6.41. The van der Waals surface area contributed by atoms with E-state index < -0.39 is 24.1 Å². The van der Waals surface area contributed by atoms with E-state index in [2.05, 4.69) is 17.4 Å². The number of aliphatic carboxylic acids is 1. The van der Waals surface area contributed by atoms with Gasteiger partial charge in [0.25, 0.3) is 0 Å². The summed E-state index contributed by atoms with van der Waals surface area (Å²) in [5.41, 5.74) is 4.54. The average molecular weight is 438 g/mol. The van der Waals surface area contributed by atoms with Crippen LogP contribution in [-0.2, 0) is 19.1 Å². The number of nitrogens with zero attached hydrogens (tertiary/aromatic N) is 1. The van der Waals surface area contributed by atoms with Crippen LogP contribution in [-0.4, -0.2) is 66.4 Å². The maximum Gasteiger partial charge on any atom is 0.407 e. The first-order valence-corrected chi connectivity index (χ1v) is 10.7. The van der Waals surface area contributed by atoms with E-state index >= 15 is 0 Å². The number of fused-ring (bicyclic) bond motifs is 3. The Morgan fingerprint density at radius 1 is 1.12 bits per heavy atom. The summed E-state index contributed by atoms with van der Waals surface area (Å²) in [7, 11) is 0. The molecule has 0 spiro atoms. The molecular weight excluding hydrogens is 412 g/mol. The number of carbonyl (C=O) groups is 3. The third-order valence-corrected chi connectivity index (χ3v) is 5.92. The van der Waals surface area contributed by atoms with Gasteiger partial charge in [0, 0.05) is 24.9 Å². The lowest BCUT2D eigenvalue weighted by atomic mass is 9.98. The number of carboxylic acids is 1. The molecule has 2 aliphatic rings. The molecule has 1 fully saturated rings. The van der Waals surface area contributed by atoms with Crippen LogP contribution in [0.4, 0.5) is 4.79 Å². The van der Waals surface area contributed by atoms with Gasteiger partial charge in [0.1, 0.15) is 6.61 Å². The Balaban J connectivity index is 1.32. The smallest absolute Gasteiger partial charge is 0.407 e. The number of hydrogen-bond acceptors (Lipinski definition) is 5. The summed E-state index contributed by atoms with van der Waals surface area (Å²) in [6.45, 7) is 2.35. The number of carbonyl (C=O) groups excluding carboxylic acids is 2. The van der Waals surface area contributed by atoms with E-state index in [1.165, 1.54) is 4.90 Å². The molecule has 2 N–H and O–H groups in total. The number of benzene rings is 2. The van der Waals surface area contributed by atoms with Crippen LogP contribution < -0.4 is 5.32 Å². The molecule has 2 amide bonds. The van der Waals surface area contributed by atoms with Crippen molar-refractivity contribution in [1.82, 2.24) is 10.2 Å². The van der Waals surface area contributed by atoms with Crippen molar-refractivity contribution in [3.8, 4) is 11.1 Å². The van der Waals surface area contributed by atoms with Gasteiger partial charge in [-0.05, 0) is 29.2 Å². The Morgan fingerprint density at radius 2 is 1.75 bits per heavy atom. The summed E-state index contributed by atoms with van der Waals surface area (Å²) in [6, 6.07) is 14.7. The Labute approximate surface area is 186 Å². The van der Waals surface area contributed by atoms with E-state index in [9.17, 15) is 19.5 Å². The van der Waals surface area contributed by atoms with Crippen molar-refractivity contribution < 1.29 is 29.0 Å². The van der Waals surface area contributed by atoms with E-state index in [1.54, 1.807) is 6.92 Å². The number of carboxylic acid groups (broad SMARTS) is 1. The number of rotatable bonds is 6. The van der Waals surface area contributed by atoms with Crippen LogP contribution in [0.2, 0.25) is 0 Å². The van der Waals surface area contributed by atoms with E-state index in [0.717, 1.165) is 22.3 Å². The van der Waals surface area contributed by atoms with Crippen molar-refractivity contribution in [1.29, 1.82) is 0 Å². The zero-order valence-electron chi connectivity index (χ0n) is 17.8. The minimum absolute atomic E-state index is 0.0199. The van der Waals surface area contributed by atoms with E-state index in [4.69, 9.17) is 9.47 Å². The highest BCUT2D eigenvalue weighted by Gasteiger charge is 2.33. The second kappa shape index (κ2) is 9.40. The zero-order chi connectivity index (χ0) is 22.7. The summed E-state index contributed by atoms with van der Waals surface area (Å²) < 4.78 is 10.7. The molecule has 2 aromatic carbocycles. The van der Waals surface area contributed by atoms with Crippen molar-refractivity contribution in [2.24, 2.45) is 0 Å². The molecular formula is C24H26N2O6. The lowest BCUT2D eigenvalue weighted by molar-refractivity contribution is -0.158. The summed E-state index contributed by atoms with van der Waals surface area (Å²) in [4.78, 5) is 37.6. The van der Waals surface area contributed by atoms with Crippen LogP contribution in [0.15, 0.2) is 48.5 Å². The van der Waals surface area contributed by atoms with Gasteiger partial charge in [0.2, 0.25) is 5.91 Å². The number of nitrogens with one attached hydrogen (secondary N) is 1. The molecule has 1 unspecified atom stereocenters. The van der Waals surface area contributed by atoms with Crippen LogP contribution in [0.25, 0.3) is 11.1 Å². The highest BCUT2D eigenvalue weighted by atomic mass is 16.5. The lowest BCUT2D eigenvalue weighted by Gasteiger charge is -2.33. The van der Waals surface area contributed by atoms with Crippen molar-refractivity contribution in [2.75, 3.05) is 26.4 Å². The number of hydrogen-bond donors (Lipinski definition) is 2. The van der Waals surface area contributed by atoms with Crippen molar-refractivity contribution in [3.05, 3.63) is 59.7 Å². The molecule has 32 heavy (non-hydrogen) atoms. The first-order chi connectivity index (χ1) is 15.5. The fourth-order valence-corrected chi connectivity index (χ4v) is 4.38. The number of amides is 2. The molecule has 8 nitrogen and oxygen atoms in total. The van der Waals surface area contributed by atoms with Crippen LogP contribution in [0.1, 0.15) is 30.4 Å². The van der Waals surface area contributed by atoms with Gasteiger partial charge in [-0.3, -0.25) is 4.79 Å². The minimum Gasteiger partial charge on any atom is -0.480 e. The third-order valence-electron chi connectivity index (χ3n) is 5.92. The molecule has 1 saturated heterocycles. The molecule has 1 aliphatic heterocycles. The summed E-state index contributed by atoms with van der Waals surface area (Å²) in [5.74, 6) is -1.49. The summed E-state index contributed by atoms with van der Waals surface area (Å²) in [5, 5.41) is 12.0. The fourth-order valence-electron chi connectivity index (χ4n) is 4.38. The van der Waals surface area contributed by atoms with Crippen LogP contribution in [0.5, 0.6) is 0 Å². The maximum atomic E-state index is 12.6. The molecule has 4 rings (SSSR count). The monoisotopic (exact) mass is 438 g/mol.